The normalized spacial score (nSPS) is 11.6. The number of hydrogen-bond acceptors (Lipinski definition) is 1. The Labute approximate surface area is 148 Å². The van der Waals surface area contributed by atoms with Crippen molar-refractivity contribution in [3.8, 4) is 0 Å². The van der Waals surface area contributed by atoms with E-state index in [1.165, 1.54) is 31.2 Å². The second-order valence-corrected chi connectivity index (χ2v) is 6.49. The number of imidazole rings is 1. The number of benzene rings is 2. The molecule has 0 saturated carbocycles. The van der Waals surface area contributed by atoms with E-state index in [9.17, 15) is 0 Å². The first-order valence-corrected chi connectivity index (χ1v) is 9.04. The molecule has 0 N–H and O–H groups in total. The molecule has 0 aliphatic carbocycles. The van der Waals surface area contributed by atoms with Gasteiger partial charge in [0, 0.05) is 11.6 Å². The molecule has 124 valence electrons. The molecule has 0 bridgehead atoms. The van der Waals surface area contributed by atoms with Crippen LogP contribution in [0.4, 0.5) is 0 Å². The van der Waals surface area contributed by atoms with Gasteiger partial charge in [0.05, 0.1) is 11.0 Å². The Morgan fingerprint density at radius 2 is 1.75 bits per heavy atom. The zero-order valence-electron chi connectivity index (χ0n) is 14.1. The van der Waals surface area contributed by atoms with E-state index in [4.69, 9.17) is 16.6 Å². The SMILES string of the molecule is CCCCCCn1c(C=Cc2ccc(Cl)cc2)nc2ccccc21. The van der Waals surface area contributed by atoms with Crippen molar-refractivity contribution in [1.29, 1.82) is 0 Å². The highest BCUT2D eigenvalue weighted by Gasteiger charge is 2.07. The molecule has 24 heavy (non-hydrogen) atoms. The Morgan fingerprint density at radius 3 is 2.54 bits per heavy atom. The van der Waals surface area contributed by atoms with E-state index in [0.29, 0.717) is 0 Å². The highest BCUT2D eigenvalue weighted by molar-refractivity contribution is 6.30. The molecular formula is C21H23ClN2. The number of para-hydroxylation sites is 2. The monoisotopic (exact) mass is 338 g/mol. The van der Waals surface area contributed by atoms with Crippen LogP contribution in [0.15, 0.2) is 48.5 Å². The summed E-state index contributed by atoms with van der Waals surface area (Å²) in [5, 5.41) is 0.760. The van der Waals surface area contributed by atoms with Crippen molar-refractivity contribution in [1.82, 2.24) is 9.55 Å². The van der Waals surface area contributed by atoms with Crippen molar-refractivity contribution < 1.29 is 0 Å². The molecule has 0 atom stereocenters. The first-order valence-electron chi connectivity index (χ1n) is 8.67. The molecule has 0 saturated heterocycles. The molecule has 0 aliphatic heterocycles. The molecule has 3 heteroatoms. The molecular weight excluding hydrogens is 316 g/mol. The Bertz CT molecular complexity index is 815. The Balaban J connectivity index is 1.86. The molecule has 0 amide bonds. The number of aromatic nitrogens is 2. The van der Waals surface area contributed by atoms with E-state index in [1.54, 1.807) is 0 Å². The topological polar surface area (TPSA) is 17.8 Å². The van der Waals surface area contributed by atoms with Crippen molar-refractivity contribution in [3.63, 3.8) is 0 Å². The second-order valence-electron chi connectivity index (χ2n) is 6.06. The van der Waals surface area contributed by atoms with Crippen LogP contribution in [0.3, 0.4) is 0 Å². The summed E-state index contributed by atoms with van der Waals surface area (Å²) >= 11 is 5.95. The third-order valence-electron chi connectivity index (χ3n) is 4.21. The van der Waals surface area contributed by atoms with Crippen LogP contribution < -0.4 is 0 Å². The molecule has 3 aromatic rings. The molecule has 0 spiro atoms. The fourth-order valence-corrected chi connectivity index (χ4v) is 3.02. The molecule has 2 nitrogen and oxygen atoms in total. The Kier molecular flexibility index (Phi) is 5.71. The van der Waals surface area contributed by atoms with Gasteiger partial charge < -0.3 is 4.57 Å². The first-order chi connectivity index (χ1) is 11.8. The lowest BCUT2D eigenvalue weighted by molar-refractivity contribution is 0.589. The largest absolute Gasteiger partial charge is 0.324 e. The number of aryl methyl sites for hydroxylation is 1. The van der Waals surface area contributed by atoms with E-state index in [1.807, 2.05) is 30.3 Å². The molecule has 3 rings (SSSR count). The second kappa shape index (κ2) is 8.16. The summed E-state index contributed by atoms with van der Waals surface area (Å²) in [6.45, 7) is 3.26. The molecule has 0 aliphatic rings. The maximum atomic E-state index is 5.95. The standard InChI is InChI=1S/C21H23ClN2/c1-2-3-4-7-16-24-20-9-6-5-8-19(20)23-21(24)15-12-17-10-13-18(22)14-11-17/h5-6,8-15H,2-4,7,16H2,1H3. The lowest BCUT2D eigenvalue weighted by Gasteiger charge is -2.07. The van der Waals surface area contributed by atoms with Crippen LogP contribution >= 0.6 is 11.6 Å². The van der Waals surface area contributed by atoms with Crippen LogP contribution in [0.2, 0.25) is 5.02 Å². The van der Waals surface area contributed by atoms with Crippen LogP contribution in [0.1, 0.15) is 44.0 Å². The minimum atomic E-state index is 0.760. The number of rotatable bonds is 7. The summed E-state index contributed by atoms with van der Waals surface area (Å²) in [6.07, 6.45) is 9.21. The molecule has 2 aromatic carbocycles. The highest BCUT2D eigenvalue weighted by Crippen LogP contribution is 2.19. The van der Waals surface area contributed by atoms with Crippen LogP contribution in [0, 0.1) is 0 Å². The Hall–Kier alpha value is -2.06. The average molecular weight is 339 g/mol. The van der Waals surface area contributed by atoms with Crippen LogP contribution in [0.25, 0.3) is 23.2 Å². The van der Waals surface area contributed by atoms with Gasteiger partial charge in [-0.05, 0) is 42.3 Å². The number of hydrogen-bond donors (Lipinski definition) is 0. The average Bonchev–Trinajstić information content (AvgIpc) is 2.96. The van der Waals surface area contributed by atoms with Crippen LogP contribution in [0.5, 0.6) is 0 Å². The smallest absolute Gasteiger partial charge is 0.133 e. The van der Waals surface area contributed by atoms with Crippen molar-refractivity contribution in [2.45, 2.75) is 39.2 Å². The fraction of sp³-hybridized carbons (Fsp3) is 0.286. The van der Waals surface area contributed by atoms with Gasteiger partial charge in [0.1, 0.15) is 5.82 Å². The van der Waals surface area contributed by atoms with Crippen molar-refractivity contribution in [3.05, 3.63) is 64.9 Å². The van der Waals surface area contributed by atoms with Crippen LogP contribution in [-0.4, -0.2) is 9.55 Å². The van der Waals surface area contributed by atoms with Crippen LogP contribution in [-0.2, 0) is 6.54 Å². The van der Waals surface area contributed by atoms with E-state index >= 15 is 0 Å². The van der Waals surface area contributed by atoms with E-state index in [2.05, 4.69) is 41.8 Å². The summed E-state index contributed by atoms with van der Waals surface area (Å²) in [5.41, 5.74) is 3.40. The van der Waals surface area contributed by atoms with E-state index in [-0.39, 0.29) is 0 Å². The Morgan fingerprint density at radius 1 is 0.958 bits per heavy atom. The van der Waals surface area contributed by atoms with Gasteiger partial charge >= 0.3 is 0 Å². The summed E-state index contributed by atoms with van der Waals surface area (Å²) < 4.78 is 2.33. The van der Waals surface area contributed by atoms with Gasteiger partial charge in [0.25, 0.3) is 0 Å². The number of nitrogens with zero attached hydrogens (tertiary/aromatic N) is 2. The number of fused-ring (bicyclic) bond motifs is 1. The summed E-state index contributed by atoms with van der Waals surface area (Å²) in [5.74, 6) is 1.02. The van der Waals surface area contributed by atoms with Gasteiger partial charge in [0.15, 0.2) is 0 Å². The van der Waals surface area contributed by atoms with E-state index < -0.39 is 0 Å². The van der Waals surface area contributed by atoms with Crippen molar-refractivity contribution in [2.24, 2.45) is 0 Å². The lowest BCUT2D eigenvalue weighted by Crippen LogP contribution is -2.00. The highest BCUT2D eigenvalue weighted by atomic mass is 35.5. The fourth-order valence-electron chi connectivity index (χ4n) is 2.90. The minimum absolute atomic E-state index is 0.760. The quantitative estimate of drug-likeness (QED) is 0.453. The molecule has 1 heterocycles. The molecule has 0 fully saturated rings. The lowest BCUT2D eigenvalue weighted by atomic mass is 10.2. The predicted octanol–water partition coefficient (Wildman–Crippen LogP) is 6.44. The maximum Gasteiger partial charge on any atom is 0.133 e. The van der Waals surface area contributed by atoms with Gasteiger partial charge in [0.2, 0.25) is 0 Å². The van der Waals surface area contributed by atoms with Gasteiger partial charge in [-0.25, -0.2) is 4.98 Å². The van der Waals surface area contributed by atoms with E-state index in [0.717, 1.165) is 28.5 Å². The first kappa shape index (κ1) is 16.8. The maximum absolute atomic E-state index is 5.95. The summed E-state index contributed by atoms with van der Waals surface area (Å²) in [7, 11) is 0. The molecule has 0 unspecified atom stereocenters. The molecule has 0 radical (unpaired) electrons. The predicted molar refractivity (Wildman–Crippen MR) is 104 cm³/mol. The van der Waals surface area contributed by atoms with Gasteiger partial charge in [-0.1, -0.05) is 68.1 Å². The van der Waals surface area contributed by atoms with Gasteiger partial charge in [-0.3, -0.25) is 0 Å². The minimum Gasteiger partial charge on any atom is -0.324 e. The zero-order chi connectivity index (χ0) is 16.8. The number of halogens is 1. The van der Waals surface area contributed by atoms with Crippen molar-refractivity contribution in [2.75, 3.05) is 0 Å². The van der Waals surface area contributed by atoms with Crippen molar-refractivity contribution >= 4 is 34.8 Å². The third kappa shape index (κ3) is 4.07. The summed E-state index contributed by atoms with van der Waals surface area (Å²) in [6, 6.07) is 16.2. The van der Waals surface area contributed by atoms with Gasteiger partial charge in [-0.2, -0.15) is 0 Å². The van der Waals surface area contributed by atoms with Gasteiger partial charge in [-0.15, -0.1) is 0 Å². The summed E-state index contributed by atoms with van der Waals surface area (Å²) in [4.78, 5) is 4.79. The zero-order valence-corrected chi connectivity index (χ0v) is 14.8. The number of unbranched alkanes of at least 4 members (excludes halogenated alkanes) is 3. The molecule has 1 aromatic heterocycles. The third-order valence-corrected chi connectivity index (χ3v) is 4.47.